The number of aromatic hydroxyl groups is 2. The van der Waals surface area contributed by atoms with E-state index in [0.29, 0.717) is 33.7 Å². The van der Waals surface area contributed by atoms with E-state index >= 15 is 0 Å². The summed E-state index contributed by atoms with van der Waals surface area (Å²) in [5.41, 5.74) is 7.23. The molecular weight excluding hydrogens is 1020 g/mol. The summed E-state index contributed by atoms with van der Waals surface area (Å²) in [5.74, 6) is 0.864. The first-order valence-electron chi connectivity index (χ1n) is 31.6. The number of benzene rings is 2. The molecule has 0 heterocycles. The highest BCUT2D eigenvalue weighted by atomic mass is 28.4. The molecule has 77 heavy (non-hydrogen) atoms. The van der Waals surface area contributed by atoms with Crippen LogP contribution in [0.15, 0.2) is 36.4 Å². The molecule has 0 bridgehead atoms. The number of hydrogen-bond acceptors (Lipinski definition) is 9. The Morgan fingerprint density at radius 1 is 0.429 bits per heavy atom. The van der Waals surface area contributed by atoms with Gasteiger partial charge < -0.3 is 43.6 Å². The van der Waals surface area contributed by atoms with E-state index in [1.54, 1.807) is 0 Å². The Hall–Kier alpha value is -1.37. The second-order valence-corrected chi connectivity index (χ2v) is 44.1. The molecule has 4 unspecified atom stereocenters. The smallest absolute Gasteiger partial charge is 0.189 e. The first kappa shape index (κ1) is 71.7. The van der Waals surface area contributed by atoms with Crippen molar-refractivity contribution in [3.63, 3.8) is 0 Å². The van der Waals surface area contributed by atoms with Crippen LogP contribution in [-0.4, -0.2) is 122 Å². The molecule has 4 atom stereocenters. The van der Waals surface area contributed by atoms with Crippen molar-refractivity contribution in [1.29, 1.82) is 0 Å². The molecule has 4 N–H and O–H groups in total. The third-order valence-corrected chi connectivity index (χ3v) is 34.4. The molecule has 0 saturated carbocycles. The van der Waals surface area contributed by atoms with Gasteiger partial charge >= 0.3 is 0 Å². The molecule has 0 aromatic heterocycles. The third kappa shape index (κ3) is 30.0. The first-order valence-corrected chi connectivity index (χ1v) is 43.6. The van der Waals surface area contributed by atoms with Crippen LogP contribution in [0.2, 0.25) is 74.5 Å². The predicted molar refractivity (Wildman–Crippen MR) is 346 cm³/mol. The highest BCUT2D eigenvalue weighted by Gasteiger charge is 2.44. The molecule has 0 spiro atoms. The van der Waals surface area contributed by atoms with Gasteiger partial charge in [0.2, 0.25) is 0 Å². The largest absolute Gasteiger partial charge is 0.508 e. The van der Waals surface area contributed by atoms with Gasteiger partial charge in [0.1, 0.15) is 11.5 Å². The van der Waals surface area contributed by atoms with Gasteiger partial charge in [0.05, 0.1) is 0 Å². The van der Waals surface area contributed by atoms with E-state index in [2.05, 4.69) is 139 Å². The fourth-order valence-electron chi connectivity index (χ4n) is 12.2. The van der Waals surface area contributed by atoms with Crippen molar-refractivity contribution in [3.05, 3.63) is 58.7 Å². The standard InChI is InChI=1S/C64H126N4O5Si4/c1-17-33-59(43-45-61(74(9,10)71-7)37-29-25-21-19-23-27-35-55-39-41-57(63(69)51-55)53-65-47-31-49-67(3)4)76(13,14)73-77(15,16)60(34-18-2)44-46-62(75(11,12)72-8)38-30-26-22-20-24-28-36-56-40-42-58(64(70)52-56)54-66-48-32-50-68(5)6/h39-42,51-52,59-62,65-66,69-70H,17-38,43-50,53-54H2,1-16H3. The second-order valence-electron chi connectivity index (χ2n) is 26.4. The molecule has 0 aliphatic heterocycles. The molecule has 13 heteroatoms. The number of hydrogen-bond donors (Lipinski definition) is 4. The highest BCUT2D eigenvalue weighted by molar-refractivity contribution is 6.86. The van der Waals surface area contributed by atoms with E-state index in [1.807, 2.05) is 26.4 Å². The lowest BCUT2D eigenvalue weighted by Gasteiger charge is -2.44. The minimum absolute atomic E-state index is 0.432. The van der Waals surface area contributed by atoms with E-state index in [0.717, 1.165) is 76.1 Å². The van der Waals surface area contributed by atoms with E-state index in [9.17, 15) is 10.2 Å². The fraction of sp³-hybridized carbons (Fsp3) is 0.812. The van der Waals surface area contributed by atoms with Crippen molar-refractivity contribution in [2.45, 2.75) is 268 Å². The normalized spacial score (nSPS) is 14.5. The lowest BCUT2D eigenvalue weighted by molar-refractivity contribution is 0.370. The monoisotopic (exact) mass is 1140 g/mol. The van der Waals surface area contributed by atoms with Crippen LogP contribution in [0.1, 0.15) is 190 Å². The van der Waals surface area contributed by atoms with Crippen LogP contribution in [-0.2, 0) is 38.9 Å². The zero-order valence-electron chi connectivity index (χ0n) is 53.4. The third-order valence-electron chi connectivity index (χ3n) is 17.9. The van der Waals surface area contributed by atoms with Crippen molar-refractivity contribution in [3.8, 4) is 11.5 Å². The van der Waals surface area contributed by atoms with Crippen LogP contribution >= 0.6 is 0 Å². The summed E-state index contributed by atoms with van der Waals surface area (Å²) in [6.45, 7) is 30.5. The van der Waals surface area contributed by atoms with Crippen LogP contribution in [0.4, 0.5) is 0 Å². The number of rotatable bonds is 48. The van der Waals surface area contributed by atoms with Gasteiger partial charge in [-0.1, -0.05) is 167 Å². The minimum atomic E-state index is -2.00. The van der Waals surface area contributed by atoms with Gasteiger partial charge in [-0.2, -0.15) is 0 Å². The molecule has 2 aromatic rings. The number of phenolic OH excluding ortho intramolecular Hbond substituents is 2. The second kappa shape index (κ2) is 39.2. The minimum Gasteiger partial charge on any atom is -0.508 e. The zero-order valence-corrected chi connectivity index (χ0v) is 57.4. The van der Waals surface area contributed by atoms with Crippen LogP contribution in [0.5, 0.6) is 11.5 Å². The summed E-state index contributed by atoms with van der Waals surface area (Å²) < 4.78 is 20.5. The van der Waals surface area contributed by atoms with Gasteiger partial charge in [0.15, 0.2) is 33.3 Å². The van der Waals surface area contributed by atoms with E-state index < -0.39 is 33.3 Å². The first-order chi connectivity index (χ1) is 36.5. The summed E-state index contributed by atoms with van der Waals surface area (Å²) in [6, 6.07) is 12.6. The maximum Gasteiger partial charge on any atom is 0.189 e. The van der Waals surface area contributed by atoms with Gasteiger partial charge in [-0.3, -0.25) is 0 Å². The summed E-state index contributed by atoms with van der Waals surface area (Å²) in [7, 11) is 4.76. The summed E-state index contributed by atoms with van der Waals surface area (Å²) >= 11 is 0. The Morgan fingerprint density at radius 3 is 1.06 bits per heavy atom. The van der Waals surface area contributed by atoms with Crippen molar-refractivity contribution < 1.29 is 23.2 Å². The molecule has 0 aliphatic rings. The van der Waals surface area contributed by atoms with E-state index in [4.69, 9.17) is 13.0 Å². The zero-order chi connectivity index (χ0) is 57.3. The van der Waals surface area contributed by atoms with E-state index in [1.165, 1.54) is 152 Å². The van der Waals surface area contributed by atoms with Crippen LogP contribution < -0.4 is 10.6 Å². The molecule has 9 nitrogen and oxygen atoms in total. The summed E-state index contributed by atoms with van der Waals surface area (Å²) in [6.07, 6.45) is 32.4. The summed E-state index contributed by atoms with van der Waals surface area (Å²) in [4.78, 5) is 4.42. The Labute approximate surface area is 481 Å². The Kier molecular flexibility index (Phi) is 36.5. The van der Waals surface area contributed by atoms with Gasteiger partial charge in [0, 0.05) is 38.4 Å². The van der Waals surface area contributed by atoms with Gasteiger partial charge in [-0.25, -0.2) is 0 Å². The Morgan fingerprint density at radius 2 is 0.753 bits per heavy atom. The topological polar surface area (TPSA) is 98.7 Å². The molecule has 0 aliphatic carbocycles. The molecule has 0 fully saturated rings. The molecule has 0 amide bonds. The molecule has 2 rings (SSSR count). The molecular formula is C64H126N4O5Si4. The van der Waals surface area contributed by atoms with Gasteiger partial charge in [-0.05, 0) is 191 Å². The Bertz CT molecular complexity index is 1690. The van der Waals surface area contributed by atoms with E-state index in [-0.39, 0.29) is 0 Å². The molecule has 0 saturated heterocycles. The number of phenols is 2. The molecule has 2 aromatic carbocycles. The average molecular weight is 1140 g/mol. The highest BCUT2D eigenvalue weighted by Crippen LogP contribution is 2.45. The SMILES string of the molecule is CCCC(CCC(CCCCCCCCc1ccc(CNCCCN(C)C)c(O)c1)[Si](C)(C)OC)[Si](C)(C)O[Si](C)(C)C(CCC)CCC(CCCCCCCCc1ccc(CNCCCN(C)C)c(O)c1)[Si](C)(C)OC. The van der Waals surface area contributed by atoms with Gasteiger partial charge in [-0.15, -0.1) is 0 Å². The fourth-order valence-corrected chi connectivity index (χ4v) is 26.8. The van der Waals surface area contributed by atoms with Crippen molar-refractivity contribution in [2.75, 3.05) is 68.6 Å². The van der Waals surface area contributed by atoms with Crippen LogP contribution in [0, 0.1) is 0 Å². The van der Waals surface area contributed by atoms with Crippen LogP contribution in [0.3, 0.4) is 0 Å². The maximum atomic E-state index is 10.7. The van der Waals surface area contributed by atoms with Crippen molar-refractivity contribution in [1.82, 2.24) is 20.4 Å². The number of aryl methyl sites for hydroxylation is 2. The van der Waals surface area contributed by atoms with Crippen molar-refractivity contribution in [2.24, 2.45) is 0 Å². The lowest BCUT2D eigenvalue weighted by Crippen LogP contribution is -2.50. The predicted octanol–water partition coefficient (Wildman–Crippen LogP) is 17.2. The average Bonchev–Trinajstić information content (AvgIpc) is 3.36. The Balaban J connectivity index is 1.86. The number of nitrogens with zero attached hydrogens (tertiary/aromatic N) is 2. The number of unbranched alkanes of at least 4 members (excludes halogenated alkanes) is 10. The maximum absolute atomic E-state index is 10.7. The summed E-state index contributed by atoms with van der Waals surface area (Å²) in [5, 5.41) is 28.3. The molecule has 448 valence electrons. The lowest BCUT2D eigenvalue weighted by atomic mass is 10.0. The van der Waals surface area contributed by atoms with Crippen LogP contribution in [0.25, 0.3) is 0 Å². The number of nitrogens with one attached hydrogen (secondary N) is 2. The molecule has 0 radical (unpaired) electrons. The van der Waals surface area contributed by atoms with Crippen molar-refractivity contribution >= 4 is 33.3 Å². The van der Waals surface area contributed by atoms with Gasteiger partial charge in [0.25, 0.3) is 0 Å². The quantitative estimate of drug-likeness (QED) is 0.0381.